The minimum Gasteiger partial charge on any atom is -0.486 e. The Kier molecular flexibility index (Phi) is 4.34. The summed E-state index contributed by atoms with van der Waals surface area (Å²) in [5.74, 6) is 1.47. The minimum atomic E-state index is 0.573. The molecule has 1 aromatic carbocycles. The molecule has 0 radical (unpaired) electrons. The van der Waals surface area contributed by atoms with Crippen LogP contribution in [0.5, 0.6) is 11.5 Å². The van der Waals surface area contributed by atoms with Crippen LogP contribution in [-0.2, 0) is 6.54 Å². The van der Waals surface area contributed by atoms with Gasteiger partial charge >= 0.3 is 0 Å². The van der Waals surface area contributed by atoms with E-state index in [9.17, 15) is 0 Å². The Bertz CT molecular complexity index is 473. The lowest BCUT2D eigenvalue weighted by atomic mass is 10.0. The van der Waals surface area contributed by atoms with Gasteiger partial charge in [0.15, 0.2) is 11.5 Å². The molecule has 0 bridgehead atoms. The molecule has 0 unspecified atom stereocenters. The van der Waals surface area contributed by atoms with E-state index in [-0.39, 0.29) is 0 Å². The number of ether oxygens (including phenoxy) is 2. The molecule has 0 aliphatic carbocycles. The van der Waals surface area contributed by atoms with Crippen molar-refractivity contribution in [2.45, 2.75) is 25.4 Å². The second-order valence-corrected chi connectivity index (χ2v) is 5.85. The molecule has 4 nitrogen and oxygen atoms in total. The van der Waals surface area contributed by atoms with Crippen LogP contribution in [0, 0.1) is 0 Å². The Balaban J connectivity index is 1.67. The fraction of sp³-hybridized carbons (Fsp3) is 0.600. The van der Waals surface area contributed by atoms with Gasteiger partial charge in [-0.05, 0) is 50.7 Å². The first kappa shape index (κ1) is 14.0. The third-order valence-electron chi connectivity index (χ3n) is 4.06. The Hall–Kier alpha value is -0.970. The van der Waals surface area contributed by atoms with Crippen LogP contribution in [0.4, 0.5) is 0 Å². The van der Waals surface area contributed by atoms with Crippen LogP contribution >= 0.6 is 11.6 Å². The number of fused-ring (bicyclic) bond motifs is 1. The molecule has 0 spiro atoms. The smallest absolute Gasteiger partial charge is 0.179 e. The molecule has 3 rings (SSSR count). The number of piperidine rings is 1. The summed E-state index contributed by atoms with van der Waals surface area (Å²) in [6, 6.07) is 4.72. The highest BCUT2D eigenvalue weighted by molar-refractivity contribution is 6.32. The fourth-order valence-electron chi connectivity index (χ4n) is 2.89. The summed E-state index contributed by atoms with van der Waals surface area (Å²) in [6.07, 6.45) is 2.41. The molecule has 110 valence electrons. The van der Waals surface area contributed by atoms with Crippen LogP contribution in [0.1, 0.15) is 18.4 Å². The van der Waals surface area contributed by atoms with Crippen molar-refractivity contribution < 1.29 is 9.47 Å². The molecule has 1 fully saturated rings. The average molecular weight is 297 g/mol. The molecule has 0 amide bonds. The van der Waals surface area contributed by atoms with E-state index in [4.69, 9.17) is 21.1 Å². The Morgan fingerprint density at radius 1 is 1.25 bits per heavy atom. The lowest BCUT2D eigenvalue weighted by molar-refractivity contribution is 0.170. The number of rotatable bonds is 3. The number of nitrogens with zero attached hydrogens (tertiary/aromatic N) is 1. The zero-order chi connectivity index (χ0) is 13.9. The summed E-state index contributed by atoms with van der Waals surface area (Å²) >= 11 is 6.28. The van der Waals surface area contributed by atoms with Gasteiger partial charge in [0, 0.05) is 12.6 Å². The van der Waals surface area contributed by atoms with Crippen molar-refractivity contribution in [3.05, 3.63) is 22.7 Å². The van der Waals surface area contributed by atoms with Crippen molar-refractivity contribution in [1.29, 1.82) is 0 Å². The van der Waals surface area contributed by atoms with E-state index in [0.717, 1.165) is 25.4 Å². The van der Waals surface area contributed by atoms with Crippen LogP contribution in [0.15, 0.2) is 12.1 Å². The number of nitrogens with one attached hydrogen (secondary N) is 1. The molecular weight excluding hydrogens is 276 g/mol. The molecule has 20 heavy (non-hydrogen) atoms. The van der Waals surface area contributed by atoms with Crippen molar-refractivity contribution in [3.8, 4) is 11.5 Å². The highest BCUT2D eigenvalue weighted by Gasteiger charge is 2.20. The first-order chi connectivity index (χ1) is 9.76. The monoisotopic (exact) mass is 296 g/mol. The number of hydrogen-bond donors (Lipinski definition) is 1. The van der Waals surface area contributed by atoms with Gasteiger partial charge in [0.1, 0.15) is 13.2 Å². The lowest BCUT2D eigenvalue weighted by Gasteiger charge is -2.32. The number of hydrogen-bond acceptors (Lipinski definition) is 4. The Labute approximate surface area is 125 Å². The predicted molar refractivity (Wildman–Crippen MR) is 79.8 cm³/mol. The summed E-state index contributed by atoms with van der Waals surface area (Å²) in [5.41, 5.74) is 1.20. The standard InChI is InChI=1S/C15H21ClN2O2/c1-17-12-2-4-18(5-3-12)10-11-8-13(16)15-14(9-11)19-6-7-20-15/h8-9,12,17H,2-7,10H2,1H3. The Morgan fingerprint density at radius 3 is 2.75 bits per heavy atom. The summed E-state index contributed by atoms with van der Waals surface area (Å²) in [7, 11) is 2.04. The second-order valence-electron chi connectivity index (χ2n) is 5.44. The zero-order valence-electron chi connectivity index (χ0n) is 11.8. The first-order valence-electron chi connectivity index (χ1n) is 7.24. The van der Waals surface area contributed by atoms with Crippen molar-refractivity contribution in [1.82, 2.24) is 10.2 Å². The molecule has 2 aliphatic rings. The highest BCUT2D eigenvalue weighted by Crippen LogP contribution is 2.38. The van der Waals surface area contributed by atoms with E-state index in [1.807, 2.05) is 13.1 Å². The van der Waals surface area contributed by atoms with Gasteiger partial charge in [-0.25, -0.2) is 0 Å². The maximum absolute atomic E-state index is 6.28. The molecule has 5 heteroatoms. The molecule has 1 N–H and O–H groups in total. The van der Waals surface area contributed by atoms with Gasteiger partial charge in [0.05, 0.1) is 5.02 Å². The number of benzene rings is 1. The van der Waals surface area contributed by atoms with E-state index in [0.29, 0.717) is 30.0 Å². The molecule has 0 aromatic heterocycles. The molecule has 2 heterocycles. The zero-order valence-corrected chi connectivity index (χ0v) is 12.6. The van der Waals surface area contributed by atoms with Crippen LogP contribution in [-0.4, -0.2) is 44.3 Å². The largest absolute Gasteiger partial charge is 0.486 e. The first-order valence-corrected chi connectivity index (χ1v) is 7.61. The summed E-state index contributed by atoms with van der Waals surface area (Å²) in [6.45, 7) is 4.34. The fourth-order valence-corrected chi connectivity index (χ4v) is 3.18. The normalized spacial score (nSPS) is 20.1. The Morgan fingerprint density at radius 2 is 2.00 bits per heavy atom. The molecule has 2 aliphatic heterocycles. The predicted octanol–water partition coefficient (Wildman–Crippen LogP) is 2.29. The van der Waals surface area contributed by atoms with Crippen LogP contribution < -0.4 is 14.8 Å². The maximum atomic E-state index is 6.28. The quantitative estimate of drug-likeness (QED) is 0.928. The van der Waals surface area contributed by atoms with E-state index in [1.165, 1.54) is 18.4 Å². The molecular formula is C15H21ClN2O2. The van der Waals surface area contributed by atoms with Crippen molar-refractivity contribution in [2.75, 3.05) is 33.4 Å². The van der Waals surface area contributed by atoms with E-state index >= 15 is 0 Å². The molecule has 1 aromatic rings. The van der Waals surface area contributed by atoms with Gasteiger partial charge in [-0.15, -0.1) is 0 Å². The van der Waals surface area contributed by atoms with E-state index in [2.05, 4.69) is 16.3 Å². The number of halogens is 1. The van der Waals surface area contributed by atoms with Gasteiger partial charge < -0.3 is 14.8 Å². The van der Waals surface area contributed by atoms with E-state index < -0.39 is 0 Å². The molecule has 0 atom stereocenters. The lowest BCUT2D eigenvalue weighted by Crippen LogP contribution is -2.40. The second kappa shape index (κ2) is 6.20. The van der Waals surface area contributed by atoms with Gasteiger partial charge in [-0.3, -0.25) is 4.90 Å². The van der Waals surface area contributed by atoms with Gasteiger partial charge in [0.2, 0.25) is 0 Å². The highest BCUT2D eigenvalue weighted by atomic mass is 35.5. The summed E-state index contributed by atoms with van der Waals surface area (Å²) in [4.78, 5) is 2.47. The van der Waals surface area contributed by atoms with Crippen LogP contribution in [0.25, 0.3) is 0 Å². The van der Waals surface area contributed by atoms with Crippen molar-refractivity contribution >= 4 is 11.6 Å². The van der Waals surface area contributed by atoms with Gasteiger partial charge in [0.25, 0.3) is 0 Å². The molecule has 1 saturated heterocycles. The number of likely N-dealkylation sites (tertiary alicyclic amines) is 1. The van der Waals surface area contributed by atoms with Crippen LogP contribution in [0.2, 0.25) is 5.02 Å². The van der Waals surface area contributed by atoms with Crippen LogP contribution in [0.3, 0.4) is 0 Å². The van der Waals surface area contributed by atoms with Crippen molar-refractivity contribution in [3.63, 3.8) is 0 Å². The topological polar surface area (TPSA) is 33.7 Å². The third-order valence-corrected chi connectivity index (χ3v) is 4.34. The summed E-state index contributed by atoms with van der Waals surface area (Å²) in [5, 5.41) is 4.01. The maximum Gasteiger partial charge on any atom is 0.179 e. The SMILES string of the molecule is CNC1CCN(Cc2cc(Cl)c3c(c2)OCCO3)CC1. The average Bonchev–Trinajstić information content (AvgIpc) is 2.48. The molecule has 0 saturated carbocycles. The summed E-state index contributed by atoms with van der Waals surface area (Å²) < 4.78 is 11.2. The minimum absolute atomic E-state index is 0.573. The van der Waals surface area contributed by atoms with Gasteiger partial charge in [-0.2, -0.15) is 0 Å². The van der Waals surface area contributed by atoms with E-state index in [1.54, 1.807) is 0 Å². The van der Waals surface area contributed by atoms with Gasteiger partial charge in [-0.1, -0.05) is 11.6 Å². The third kappa shape index (κ3) is 3.03. The van der Waals surface area contributed by atoms with Crippen molar-refractivity contribution in [2.24, 2.45) is 0 Å².